The Balaban J connectivity index is 2.24. The lowest BCUT2D eigenvalue weighted by Gasteiger charge is -2.30. The van der Waals surface area contributed by atoms with Crippen LogP contribution in [0.3, 0.4) is 0 Å². The third kappa shape index (κ3) is 2.96. The van der Waals surface area contributed by atoms with Crippen LogP contribution in [0, 0.1) is 12.8 Å². The summed E-state index contributed by atoms with van der Waals surface area (Å²) in [5.41, 5.74) is 6.28. The van der Waals surface area contributed by atoms with Gasteiger partial charge in [0.1, 0.15) is 0 Å². The summed E-state index contributed by atoms with van der Waals surface area (Å²) in [6, 6.07) is 6.72. The van der Waals surface area contributed by atoms with Crippen LogP contribution in [0.4, 0.5) is 0 Å². The lowest BCUT2D eigenvalue weighted by molar-refractivity contribution is -0.122. The van der Waals surface area contributed by atoms with E-state index in [2.05, 4.69) is 0 Å². The van der Waals surface area contributed by atoms with Crippen molar-refractivity contribution in [3.63, 3.8) is 0 Å². The lowest BCUT2D eigenvalue weighted by atomic mass is 9.99. The van der Waals surface area contributed by atoms with Crippen molar-refractivity contribution in [3.05, 3.63) is 29.8 Å². The van der Waals surface area contributed by atoms with Crippen molar-refractivity contribution in [1.82, 2.24) is 4.31 Å². The third-order valence-electron chi connectivity index (χ3n) is 3.45. The van der Waals surface area contributed by atoms with E-state index in [9.17, 15) is 13.2 Å². The summed E-state index contributed by atoms with van der Waals surface area (Å²) in [6.07, 6.45) is 1.33. The van der Waals surface area contributed by atoms with E-state index >= 15 is 0 Å². The molecule has 0 radical (unpaired) electrons. The molecule has 1 heterocycles. The SMILES string of the molecule is Cc1ccc(S(=O)(=O)N2CCC[C@H](C(N)=O)C2)cc1. The molecule has 6 heteroatoms. The minimum absolute atomic E-state index is 0.186. The van der Waals surface area contributed by atoms with E-state index in [1.165, 1.54) is 4.31 Å². The van der Waals surface area contributed by atoms with Crippen LogP contribution in [0.25, 0.3) is 0 Å². The molecule has 1 aliphatic rings. The summed E-state index contributed by atoms with van der Waals surface area (Å²) in [5.74, 6) is -0.808. The third-order valence-corrected chi connectivity index (χ3v) is 5.32. The maximum absolute atomic E-state index is 12.4. The molecular weight excluding hydrogens is 264 g/mol. The van der Waals surface area contributed by atoms with E-state index in [1.54, 1.807) is 24.3 Å². The van der Waals surface area contributed by atoms with Crippen molar-refractivity contribution >= 4 is 15.9 Å². The molecule has 0 spiro atoms. The molecule has 19 heavy (non-hydrogen) atoms. The molecule has 1 amide bonds. The topological polar surface area (TPSA) is 80.5 Å². The maximum atomic E-state index is 12.4. The van der Waals surface area contributed by atoms with Gasteiger partial charge < -0.3 is 5.73 Å². The monoisotopic (exact) mass is 282 g/mol. The number of nitrogens with two attached hydrogens (primary N) is 1. The highest BCUT2D eigenvalue weighted by Crippen LogP contribution is 2.23. The molecule has 0 bridgehead atoms. The highest BCUT2D eigenvalue weighted by molar-refractivity contribution is 7.89. The highest BCUT2D eigenvalue weighted by atomic mass is 32.2. The van der Waals surface area contributed by atoms with Crippen molar-refractivity contribution in [2.24, 2.45) is 11.7 Å². The standard InChI is InChI=1S/C13H18N2O3S/c1-10-4-6-12(7-5-10)19(17,18)15-8-2-3-11(9-15)13(14)16/h4-7,11H,2-3,8-9H2,1H3,(H2,14,16)/t11-/m0/s1. The second kappa shape index (κ2) is 5.30. The molecule has 0 unspecified atom stereocenters. The Kier molecular flexibility index (Phi) is 3.91. The largest absolute Gasteiger partial charge is 0.369 e. The Morgan fingerprint density at radius 2 is 1.95 bits per heavy atom. The first-order valence-electron chi connectivity index (χ1n) is 6.27. The van der Waals surface area contributed by atoms with Crippen molar-refractivity contribution < 1.29 is 13.2 Å². The smallest absolute Gasteiger partial charge is 0.243 e. The molecule has 0 aromatic heterocycles. The van der Waals surface area contributed by atoms with Gasteiger partial charge in [0, 0.05) is 13.1 Å². The number of carbonyl (C=O) groups is 1. The summed E-state index contributed by atoms with van der Waals surface area (Å²) in [5, 5.41) is 0. The lowest BCUT2D eigenvalue weighted by Crippen LogP contribution is -2.44. The van der Waals surface area contributed by atoms with E-state index in [-0.39, 0.29) is 17.4 Å². The van der Waals surface area contributed by atoms with Crippen molar-refractivity contribution in [2.75, 3.05) is 13.1 Å². The fourth-order valence-corrected chi connectivity index (χ4v) is 3.78. The number of aryl methyl sites for hydroxylation is 1. The second-order valence-electron chi connectivity index (χ2n) is 4.92. The number of rotatable bonds is 3. The number of primary amides is 1. The summed E-state index contributed by atoms with van der Waals surface area (Å²) in [6.45, 7) is 2.53. The van der Waals surface area contributed by atoms with E-state index in [4.69, 9.17) is 5.73 Å². The number of nitrogens with zero attached hydrogens (tertiary/aromatic N) is 1. The summed E-state index contributed by atoms with van der Waals surface area (Å²) in [7, 11) is -3.52. The normalized spacial score (nSPS) is 21.2. The molecular formula is C13H18N2O3S. The zero-order valence-electron chi connectivity index (χ0n) is 10.9. The Bertz CT molecular complexity index is 566. The molecule has 5 nitrogen and oxygen atoms in total. The molecule has 0 saturated carbocycles. The van der Waals surface area contributed by atoms with Gasteiger partial charge in [0.05, 0.1) is 10.8 Å². The van der Waals surface area contributed by atoms with E-state index < -0.39 is 15.9 Å². The van der Waals surface area contributed by atoms with Crippen LogP contribution in [0.5, 0.6) is 0 Å². The van der Waals surface area contributed by atoms with Gasteiger partial charge in [0.25, 0.3) is 0 Å². The van der Waals surface area contributed by atoms with E-state index in [1.807, 2.05) is 6.92 Å². The fraction of sp³-hybridized carbons (Fsp3) is 0.462. The Morgan fingerprint density at radius 1 is 1.32 bits per heavy atom. The van der Waals surface area contributed by atoms with Crippen LogP contribution in [0.1, 0.15) is 18.4 Å². The number of hydrogen-bond acceptors (Lipinski definition) is 3. The van der Waals surface area contributed by atoms with Gasteiger partial charge in [-0.1, -0.05) is 17.7 Å². The van der Waals surface area contributed by atoms with Crippen LogP contribution >= 0.6 is 0 Å². The number of sulfonamides is 1. The minimum Gasteiger partial charge on any atom is -0.369 e. The number of carbonyl (C=O) groups excluding carboxylic acids is 1. The van der Waals surface area contributed by atoms with Crippen LogP contribution in [0.2, 0.25) is 0 Å². The summed E-state index contributed by atoms with van der Waals surface area (Å²) < 4.78 is 26.2. The molecule has 104 valence electrons. The molecule has 2 N–H and O–H groups in total. The van der Waals surface area contributed by atoms with Gasteiger partial charge in [-0.25, -0.2) is 8.42 Å². The summed E-state index contributed by atoms with van der Waals surface area (Å²) >= 11 is 0. The number of benzene rings is 1. The fourth-order valence-electron chi connectivity index (χ4n) is 2.25. The van der Waals surface area contributed by atoms with Gasteiger partial charge in [-0.05, 0) is 31.9 Å². The number of amides is 1. The minimum atomic E-state index is -3.52. The first kappa shape index (κ1) is 14.0. The van der Waals surface area contributed by atoms with Crippen LogP contribution in [-0.4, -0.2) is 31.7 Å². The molecule has 1 aliphatic heterocycles. The van der Waals surface area contributed by atoms with Gasteiger partial charge in [-0.15, -0.1) is 0 Å². The molecule has 1 saturated heterocycles. The number of hydrogen-bond donors (Lipinski definition) is 1. The molecule has 1 fully saturated rings. The predicted octanol–water partition coefficient (Wildman–Crippen LogP) is 0.881. The van der Waals surface area contributed by atoms with Gasteiger partial charge in [-0.2, -0.15) is 4.31 Å². The van der Waals surface area contributed by atoms with Crippen LogP contribution in [-0.2, 0) is 14.8 Å². The van der Waals surface area contributed by atoms with Gasteiger partial charge in [-0.3, -0.25) is 4.79 Å². The maximum Gasteiger partial charge on any atom is 0.243 e. The second-order valence-corrected chi connectivity index (χ2v) is 6.86. The van der Waals surface area contributed by atoms with Crippen molar-refractivity contribution in [2.45, 2.75) is 24.7 Å². The summed E-state index contributed by atoms with van der Waals surface area (Å²) in [4.78, 5) is 11.5. The Labute approximate surface area is 113 Å². The molecule has 2 rings (SSSR count). The highest BCUT2D eigenvalue weighted by Gasteiger charge is 2.32. The van der Waals surface area contributed by atoms with Crippen molar-refractivity contribution in [3.8, 4) is 0 Å². The zero-order chi connectivity index (χ0) is 14.0. The number of piperidine rings is 1. The average Bonchev–Trinajstić information content (AvgIpc) is 2.39. The van der Waals surface area contributed by atoms with Crippen LogP contribution < -0.4 is 5.73 Å². The first-order chi connectivity index (χ1) is 8.91. The zero-order valence-corrected chi connectivity index (χ0v) is 11.7. The quantitative estimate of drug-likeness (QED) is 0.893. The molecule has 1 atom stereocenters. The Hall–Kier alpha value is -1.40. The van der Waals surface area contributed by atoms with Gasteiger partial charge in [0.15, 0.2) is 0 Å². The molecule has 1 aromatic rings. The molecule has 1 aromatic carbocycles. The Morgan fingerprint density at radius 3 is 2.53 bits per heavy atom. The van der Waals surface area contributed by atoms with Gasteiger partial charge >= 0.3 is 0 Å². The van der Waals surface area contributed by atoms with E-state index in [0.29, 0.717) is 19.4 Å². The van der Waals surface area contributed by atoms with E-state index in [0.717, 1.165) is 5.56 Å². The van der Waals surface area contributed by atoms with Gasteiger partial charge in [0.2, 0.25) is 15.9 Å². The molecule has 0 aliphatic carbocycles. The van der Waals surface area contributed by atoms with Crippen LogP contribution in [0.15, 0.2) is 29.2 Å². The van der Waals surface area contributed by atoms with Crippen molar-refractivity contribution in [1.29, 1.82) is 0 Å². The average molecular weight is 282 g/mol. The predicted molar refractivity (Wildman–Crippen MR) is 71.9 cm³/mol. The first-order valence-corrected chi connectivity index (χ1v) is 7.71.